The molecule has 0 aliphatic carbocycles. The Labute approximate surface area is 208 Å². The van der Waals surface area contributed by atoms with Crippen LogP contribution in [0, 0.1) is 0 Å². The Kier molecular flexibility index (Phi) is 8.79. The smallest absolute Gasteiger partial charge is 0.220 e. The lowest BCUT2D eigenvalue weighted by molar-refractivity contribution is -0.673. The van der Waals surface area contributed by atoms with Crippen LogP contribution in [-0.2, 0) is 11.3 Å². The van der Waals surface area contributed by atoms with Crippen molar-refractivity contribution in [3.8, 4) is 11.1 Å². The van der Waals surface area contributed by atoms with Crippen molar-refractivity contribution in [3.05, 3.63) is 102 Å². The number of benzene rings is 3. The van der Waals surface area contributed by atoms with E-state index in [4.69, 9.17) is 5.73 Å². The molecule has 0 unspecified atom stereocenters. The van der Waals surface area contributed by atoms with Gasteiger partial charge in [0.05, 0.1) is 0 Å². The highest BCUT2D eigenvalue weighted by Gasteiger charge is 2.14. The third kappa shape index (κ3) is 6.65. The van der Waals surface area contributed by atoms with E-state index in [0.717, 1.165) is 25.8 Å². The summed E-state index contributed by atoms with van der Waals surface area (Å²) in [5, 5.41) is 4.08. The number of aryl methyl sites for hydroxylation is 1. The first-order valence-corrected chi connectivity index (χ1v) is 12.5. The molecule has 0 spiro atoms. The van der Waals surface area contributed by atoms with Gasteiger partial charge in [-0.1, -0.05) is 66.7 Å². The fraction of sp³-hybridized carbons (Fsp3) is 0.226. The summed E-state index contributed by atoms with van der Waals surface area (Å²) in [4.78, 5) is 11.8. The number of nitrogens with two attached hydrogens (primary N) is 1. The summed E-state index contributed by atoms with van der Waals surface area (Å²) in [6.07, 6.45) is 7.90. The molecule has 178 valence electrons. The molecular formula is C31H34N3O+. The minimum Gasteiger partial charge on any atom is -0.355 e. The maximum Gasteiger partial charge on any atom is 0.220 e. The van der Waals surface area contributed by atoms with E-state index >= 15 is 0 Å². The summed E-state index contributed by atoms with van der Waals surface area (Å²) in [7, 11) is 0. The molecule has 1 aromatic heterocycles. The van der Waals surface area contributed by atoms with Crippen LogP contribution in [-0.4, -0.2) is 19.0 Å². The second kappa shape index (κ2) is 12.6. The van der Waals surface area contributed by atoms with Crippen LogP contribution in [0.3, 0.4) is 0 Å². The zero-order chi connectivity index (χ0) is 24.3. The molecule has 0 saturated carbocycles. The van der Waals surface area contributed by atoms with Crippen molar-refractivity contribution in [1.29, 1.82) is 0 Å². The van der Waals surface area contributed by atoms with E-state index in [9.17, 15) is 4.79 Å². The summed E-state index contributed by atoms with van der Waals surface area (Å²) in [6.45, 7) is 1.94. The normalized spacial score (nSPS) is 11.2. The Bertz CT molecular complexity index is 1280. The molecule has 0 saturated heterocycles. The number of para-hydroxylation sites is 1. The van der Waals surface area contributed by atoms with Crippen LogP contribution >= 0.6 is 0 Å². The first-order valence-electron chi connectivity index (χ1n) is 12.5. The Morgan fingerprint density at radius 3 is 2.43 bits per heavy atom. The van der Waals surface area contributed by atoms with Crippen LogP contribution in [0.1, 0.15) is 36.9 Å². The van der Waals surface area contributed by atoms with Crippen molar-refractivity contribution in [2.75, 3.05) is 13.1 Å². The molecule has 0 atom stereocenters. The van der Waals surface area contributed by atoms with E-state index in [1.54, 1.807) is 0 Å². The summed E-state index contributed by atoms with van der Waals surface area (Å²) >= 11 is 0. The van der Waals surface area contributed by atoms with Gasteiger partial charge in [-0.05, 0) is 47.7 Å². The highest BCUT2D eigenvalue weighted by atomic mass is 16.1. The SMILES string of the molecule is NCCNC(=O)CCCCC[n+]1c(/C=C/c2ccccc2-c2ccccc2)ccc2ccccc21. The van der Waals surface area contributed by atoms with E-state index < -0.39 is 0 Å². The number of amides is 1. The standard InChI is InChI=1S/C31H33N3O/c32-22-23-33-31(35)17-5-2-10-24-34-28(21-19-27-14-7-9-16-30(27)34)20-18-26-13-6-8-15-29(26)25-11-3-1-4-12-25/h1,3-4,6-9,11-16,18-21H,2,5,10,17,22-24,32H2/p+1/b20-18+. The van der Waals surface area contributed by atoms with Crippen molar-refractivity contribution in [2.45, 2.75) is 32.2 Å². The molecule has 4 heteroatoms. The van der Waals surface area contributed by atoms with Crippen molar-refractivity contribution in [1.82, 2.24) is 5.32 Å². The lowest BCUT2D eigenvalue weighted by atomic mass is 9.99. The van der Waals surface area contributed by atoms with E-state index in [-0.39, 0.29) is 5.91 Å². The summed E-state index contributed by atoms with van der Waals surface area (Å²) in [5.41, 5.74) is 11.5. The van der Waals surface area contributed by atoms with Crippen LogP contribution in [0.5, 0.6) is 0 Å². The number of fused-ring (bicyclic) bond motifs is 1. The minimum atomic E-state index is 0.0916. The Morgan fingerprint density at radius 2 is 1.57 bits per heavy atom. The second-order valence-corrected chi connectivity index (χ2v) is 8.70. The van der Waals surface area contributed by atoms with Gasteiger partial charge in [0, 0.05) is 49.5 Å². The number of hydrogen-bond acceptors (Lipinski definition) is 2. The molecule has 35 heavy (non-hydrogen) atoms. The maximum atomic E-state index is 11.8. The predicted molar refractivity (Wildman–Crippen MR) is 145 cm³/mol. The van der Waals surface area contributed by atoms with Crippen molar-refractivity contribution >= 4 is 29.0 Å². The zero-order valence-electron chi connectivity index (χ0n) is 20.2. The molecule has 0 aliphatic heterocycles. The number of carbonyl (C=O) groups is 1. The topological polar surface area (TPSA) is 59.0 Å². The first-order chi connectivity index (χ1) is 17.3. The first kappa shape index (κ1) is 24.4. The van der Waals surface area contributed by atoms with Crippen molar-refractivity contribution in [3.63, 3.8) is 0 Å². The van der Waals surface area contributed by atoms with Crippen LogP contribution in [0.15, 0.2) is 91.0 Å². The van der Waals surface area contributed by atoms with Gasteiger partial charge < -0.3 is 11.1 Å². The highest BCUT2D eigenvalue weighted by molar-refractivity contribution is 5.81. The molecule has 0 aliphatic rings. The average Bonchev–Trinajstić information content (AvgIpc) is 2.91. The highest BCUT2D eigenvalue weighted by Crippen LogP contribution is 2.25. The third-order valence-corrected chi connectivity index (χ3v) is 6.20. The number of nitrogens with zero attached hydrogens (tertiary/aromatic N) is 1. The zero-order valence-corrected chi connectivity index (χ0v) is 20.2. The minimum absolute atomic E-state index is 0.0916. The predicted octanol–water partition coefficient (Wildman–Crippen LogP) is 5.60. The summed E-state index contributed by atoms with van der Waals surface area (Å²) in [6, 6.07) is 31.9. The number of aromatic nitrogens is 1. The number of nitrogens with one attached hydrogen (secondary N) is 1. The molecule has 0 bridgehead atoms. The molecule has 4 rings (SSSR count). The number of hydrogen-bond donors (Lipinski definition) is 2. The van der Waals surface area contributed by atoms with Gasteiger partial charge in [0.1, 0.15) is 6.54 Å². The van der Waals surface area contributed by atoms with Crippen LogP contribution in [0.25, 0.3) is 34.2 Å². The third-order valence-electron chi connectivity index (χ3n) is 6.20. The molecule has 1 amide bonds. The van der Waals surface area contributed by atoms with Gasteiger partial charge in [-0.3, -0.25) is 4.79 Å². The monoisotopic (exact) mass is 464 g/mol. The van der Waals surface area contributed by atoms with E-state index in [1.807, 2.05) is 6.07 Å². The maximum absolute atomic E-state index is 11.8. The number of rotatable bonds is 11. The molecule has 4 aromatic rings. The van der Waals surface area contributed by atoms with E-state index in [2.05, 4.69) is 107 Å². The average molecular weight is 465 g/mol. The lowest BCUT2D eigenvalue weighted by Crippen LogP contribution is -2.38. The van der Waals surface area contributed by atoms with Crippen molar-refractivity contribution in [2.24, 2.45) is 5.73 Å². The Hall–Kier alpha value is -3.76. The Balaban J connectivity index is 1.53. The molecular weight excluding hydrogens is 430 g/mol. The summed E-state index contributed by atoms with van der Waals surface area (Å²) < 4.78 is 2.39. The van der Waals surface area contributed by atoms with E-state index in [1.165, 1.54) is 33.3 Å². The van der Waals surface area contributed by atoms with Gasteiger partial charge in [0.25, 0.3) is 0 Å². The van der Waals surface area contributed by atoms with E-state index in [0.29, 0.717) is 19.5 Å². The van der Waals surface area contributed by atoms with Gasteiger partial charge in [0.2, 0.25) is 17.1 Å². The van der Waals surface area contributed by atoms with Crippen molar-refractivity contribution < 1.29 is 9.36 Å². The quantitative estimate of drug-likeness (QED) is 0.224. The van der Waals surface area contributed by atoms with Crippen LogP contribution < -0.4 is 15.6 Å². The van der Waals surface area contributed by atoms with Gasteiger partial charge in [-0.15, -0.1) is 0 Å². The van der Waals surface area contributed by atoms with Gasteiger partial charge in [0.15, 0.2) is 0 Å². The summed E-state index contributed by atoms with van der Waals surface area (Å²) in [5.74, 6) is 0.0916. The fourth-order valence-electron chi connectivity index (χ4n) is 4.40. The Morgan fingerprint density at radius 1 is 0.800 bits per heavy atom. The number of pyridine rings is 1. The largest absolute Gasteiger partial charge is 0.355 e. The number of carbonyl (C=O) groups excluding carboxylic acids is 1. The molecule has 3 aromatic carbocycles. The number of unbranched alkanes of at least 4 members (excludes halogenated alkanes) is 2. The van der Waals surface area contributed by atoms with Crippen LogP contribution in [0.4, 0.5) is 0 Å². The van der Waals surface area contributed by atoms with Crippen LogP contribution in [0.2, 0.25) is 0 Å². The second-order valence-electron chi connectivity index (χ2n) is 8.70. The van der Waals surface area contributed by atoms with Gasteiger partial charge >= 0.3 is 0 Å². The molecule has 0 fully saturated rings. The van der Waals surface area contributed by atoms with Gasteiger partial charge in [-0.2, -0.15) is 4.57 Å². The molecule has 4 nitrogen and oxygen atoms in total. The van der Waals surface area contributed by atoms with Gasteiger partial charge in [-0.25, -0.2) is 0 Å². The fourth-order valence-corrected chi connectivity index (χ4v) is 4.40. The molecule has 0 radical (unpaired) electrons. The molecule has 1 heterocycles. The molecule has 3 N–H and O–H groups in total. The lowest BCUT2D eigenvalue weighted by Gasteiger charge is -2.08.